The van der Waals surface area contributed by atoms with E-state index < -0.39 is 0 Å². The van der Waals surface area contributed by atoms with Crippen molar-refractivity contribution in [1.29, 1.82) is 0 Å². The number of rotatable bonds is 3. The van der Waals surface area contributed by atoms with E-state index in [-0.39, 0.29) is 5.91 Å². The quantitative estimate of drug-likeness (QED) is 0.945. The molecule has 0 atom stereocenters. The van der Waals surface area contributed by atoms with Crippen LogP contribution in [0.25, 0.3) is 0 Å². The first-order chi connectivity index (χ1) is 9.24. The highest BCUT2D eigenvalue weighted by Crippen LogP contribution is 2.32. The average molecular weight is 321 g/mol. The van der Waals surface area contributed by atoms with Crippen LogP contribution in [0.1, 0.15) is 35.8 Å². The highest BCUT2D eigenvalue weighted by atomic mass is 79.9. The Morgan fingerprint density at radius 1 is 1.37 bits per heavy atom. The molecule has 1 amide bonds. The van der Waals surface area contributed by atoms with Crippen LogP contribution >= 0.6 is 15.9 Å². The van der Waals surface area contributed by atoms with Crippen LogP contribution in [-0.4, -0.2) is 20.4 Å². The number of hydrogen-bond donors (Lipinski definition) is 1. The van der Waals surface area contributed by atoms with E-state index in [2.05, 4.69) is 31.2 Å². The Kier molecular flexibility index (Phi) is 3.33. The van der Waals surface area contributed by atoms with Crippen molar-refractivity contribution >= 4 is 27.7 Å². The van der Waals surface area contributed by atoms with Crippen LogP contribution in [0.5, 0.6) is 0 Å². The van der Waals surface area contributed by atoms with E-state index in [0.717, 1.165) is 12.8 Å². The van der Waals surface area contributed by atoms with Crippen LogP contribution in [0, 0.1) is 0 Å². The molecule has 2 aromatic rings. The molecule has 0 radical (unpaired) electrons. The second-order valence-corrected chi connectivity index (χ2v) is 5.38. The molecule has 2 heterocycles. The van der Waals surface area contributed by atoms with Crippen molar-refractivity contribution in [2.75, 3.05) is 5.32 Å². The van der Waals surface area contributed by atoms with Gasteiger partial charge in [-0.25, -0.2) is 9.97 Å². The summed E-state index contributed by atoms with van der Waals surface area (Å²) in [7, 11) is 0. The largest absolute Gasteiger partial charge is 0.340 e. The molecule has 0 saturated heterocycles. The van der Waals surface area contributed by atoms with Crippen molar-refractivity contribution in [3.8, 4) is 0 Å². The van der Waals surface area contributed by atoms with E-state index >= 15 is 0 Å². The molecule has 6 heteroatoms. The third-order valence-corrected chi connectivity index (χ3v) is 3.75. The molecule has 3 rings (SSSR count). The van der Waals surface area contributed by atoms with Crippen molar-refractivity contribution in [3.05, 3.63) is 41.0 Å². The van der Waals surface area contributed by atoms with Gasteiger partial charge < -0.3 is 9.88 Å². The van der Waals surface area contributed by atoms with E-state index in [4.69, 9.17) is 0 Å². The first-order valence-corrected chi connectivity index (χ1v) is 6.99. The molecule has 1 saturated carbocycles. The SMILES string of the molecule is O=C(Nc1cnc(Br)cn1)c1cccn1C1CCC1. The number of nitrogens with zero attached hydrogens (tertiary/aromatic N) is 3. The second-order valence-electron chi connectivity index (χ2n) is 4.56. The lowest BCUT2D eigenvalue weighted by molar-refractivity contribution is 0.101. The Hall–Kier alpha value is -1.69. The summed E-state index contributed by atoms with van der Waals surface area (Å²) in [5.74, 6) is 0.308. The molecule has 1 N–H and O–H groups in total. The van der Waals surface area contributed by atoms with Crippen LogP contribution in [0.3, 0.4) is 0 Å². The van der Waals surface area contributed by atoms with Gasteiger partial charge in [-0.15, -0.1) is 0 Å². The predicted molar refractivity (Wildman–Crippen MR) is 75.0 cm³/mol. The second kappa shape index (κ2) is 5.13. The first kappa shape index (κ1) is 12.3. The normalized spacial score (nSPS) is 15.0. The van der Waals surface area contributed by atoms with E-state index in [9.17, 15) is 4.79 Å². The molecule has 5 nitrogen and oxygen atoms in total. The third kappa shape index (κ3) is 2.53. The summed E-state index contributed by atoms with van der Waals surface area (Å²) < 4.78 is 2.69. The van der Waals surface area contributed by atoms with Gasteiger partial charge in [-0.1, -0.05) is 0 Å². The first-order valence-electron chi connectivity index (χ1n) is 6.20. The fourth-order valence-corrected chi connectivity index (χ4v) is 2.33. The molecule has 1 aliphatic rings. The minimum absolute atomic E-state index is 0.145. The number of aromatic nitrogens is 3. The van der Waals surface area contributed by atoms with Crippen molar-refractivity contribution in [2.24, 2.45) is 0 Å². The Balaban J connectivity index is 1.76. The van der Waals surface area contributed by atoms with E-state index in [0.29, 0.717) is 22.2 Å². The van der Waals surface area contributed by atoms with Crippen LogP contribution in [0.2, 0.25) is 0 Å². The molecule has 1 fully saturated rings. The van der Waals surface area contributed by atoms with Crippen LogP contribution in [0.4, 0.5) is 5.82 Å². The van der Waals surface area contributed by atoms with Gasteiger partial charge in [0.15, 0.2) is 5.82 Å². The molecule has 0 bridgehead atoms. The maximum atomic E-state index is 12.2. The molecule has 1 aliphatic carbocycles. The number of halogens is 1. The van der Waals surface area contributed by atoms with Gasteiger partial charge in [-0.3, -0.25) is 4.79 Å². The number of anilines is 1. The summed E-state index contributed by atoms with van der Waals surface area (Å²) in [4.78, 5) is 20.3. The van der Waals surface area contributed by atoms with E-state index in [1.807, 2.05) is 22.9 Å². The van der Waals surface area contributed by atoms with Crippen LogP contribution in [-0.2, 0) is 0 Å². The fourth-order valence-electron chi connectivity index (χ4n) is 2.13. The predicted octanol–water partition coefficient (Wildman–Crippen LogP) is 3.02. The summed E-state index contributed by atoms with van der Waals surface area (Å²) in [6.07, 6.45) is 8.58. The van der Waals surface area contributed by atoms with Gasteiger partial charge in [-0.05, 0) is 47.3 Å². The Morgan fingerprint density at radius 2 is 2.21 bits per heavy atom. The van der Waals surface area contributed by atoms with Crippen molar-refractivity contribution < 1.29 is 4.79 Å². The lowest BCUT2D eigenvalue weighted by Crippen LogP contribution is -2.23. The van der Waals surface area contributed by atoms with Crippen molar-refractivity contribution in [1.82, 2.24) is 14.5 Å². The Morgan fingerprint density at radius 3 is 2.84 bits per heavy atom. The molecule has 0 aliphatic heterocycles. The number of nitrogens with one attached hydrogen (secondary N) is 1. The van der Waals surface area contributed by atoms with E-state index in [1.54, 1.807) is 6.20 Å². The summed E-state index contributed by atoms with van der Waals surface area (Å²) in [6.45, 7) is 0. The van der Waals surface area contributed by atoms with Gasteiger partial charge in [0.05, 0.1) is 12.4 Å². The zero-order chi connectivity index (χ0) is 13.2. The van der Waals surface area contributed by atoms with Crippen molar-refractivity contribution in [3.63, 3.8) is 0 Å². The molecule has 0 aromatic carbocycles. The maximum absolute atomic E-state index is 12.2. The fraction of sp³-hybridized carbons (Fsp3) is 0.308. The molecular weight excluding hydrogens is 308 g/mol. The van der Waals surface area contributed by atoms with Crippen LogP contribution in [0.15, 0.2) is 35.3 Å². The topological polar surface area (TPSA) is 59.8 Å². The Bertz CT molecular complexity index is 589. The van der Waals surface area contributed by atoms with Crippen LogP contribution < -0.4 is 5.32 Å². The van der Waals surface area contributed by atoms with Gasteiger partial charge >= 0.3 is 0 Å². The summed E-state index contributed by atoms with van der Waals surface area (Å²) >= 11 is 3.21. The zero-order valence-corrected chi connectivity index (χ0v) is 11.8. The summed E-state index contributed by atoms with van der Waals surface area (Å²) in [5, 5.41) is 2.76. The smallest absolute Gasteiger partial charge is 0.273 e. The van der Waals surface area contributed by atoms with E-state index in [1.165, 1.54) is 12.6 Å². The van der Waals surface area contributed by atoms with Gasteiger partial charge in [0, 0.05) is 12.2 Å². The molecule has 0 unspecified atom stereocenters. The van der Waals surface area contributed by atoms with Gasteiger partial charge in [0.25, 0.3) is 5.91 Å². The molecule has 0 spiro atoms. The lowest BCUT2D eigenvalue weighted by atomic mass is 9.93. The number of carbonyl (C=O) groups is 1. The lowest BCUT2D eigenvalue weighted by Gasteiger charge is -2.28. The standard InChI is InChI=1S/C13H13BrN4O/c14-11-7-16-12(8-15-11)17-13(19)10-5-2-6-18(10)9-3-1-4-9/h2,5-9H,1,3-4H2,(H,16,17,19). The number of hydrogen-bond acceptors (Lipinski definition) is 3. The van der Waals surface area contributed by atoms with Gasteiger partial charge in [-0.2, -0.15) is 0 Å². The average Bonchev–Trinajstić information content (AvgIpc) is 2.79. The molecule has 98 valence electrons. The minimum atomic E-state index is -0.145. The van der Waals surface area contributed by atoms with Gasteiger partial charge in [0.1, 0.15) is 10.3 Å². The Labute approximate surface area is 119 Å². The summed E-state index contributed by atoms with van der Waals surface area (Å²) in [6, 6.07) is 4.20. The molecule has 2 aromatic heterocycles. The van der Waals surface area contributed by atoms with Crippen molar-refractivity contribution in [2.45, 2.75) is 25.3 Å². The minimum Gasteiger partial charge on any atom is -0.340 e. The number of amides is 1. The summed E-state index contributed by atoms with van der Waals surface area (Å²) in [5.41, 5.74) is 0.675. The van der Waals surface area contributed by atoms with Gasteiger partial charge in [0.2, 0.25) is 0 Å². The zero-order valence-electron chi connectivity index (χ0n) is 10.2. The highest BCUT2D eigenvalue weighted by molar-refractivity contribution is 9.10. The monoisotopic (exact) mass is 320 g/mol. The molecular formula is C13H13BrN4O. The highest BCUT2D eigenvalue weighted by Gasteiger charge is 2.23. The maximum Gasteiger partial charge on any atom is 0.273 e. The third-order valence-electron chi connectivity index (χ3n) is 3.34. The number of carbonyl (C=O) groups excluding carboxylic acids is 1. The molecule has 19 heavy (non-hydrogen) atoms.